The molecular weight excluding hydrogens is 198 g/mol. The molecule has 0 saturated carbocycles. The predicted molar refractivity (Wildman–Crippen MR) is 52.5 cm³/mol. The van der Waals surface area contributed by atoms with Crippen LogP contribution in [0.15, 0.2) is 6.20 Å². The minimum absolute atomic E-state index is 0.0602. The Balaban J connectivity index is 2.31. The molecule has 0 radical (unpaired) electrons. The van der Waals surface area contributed by atoms with E-state index in [4.69, 9.17) is 5.11 Å². The molecule has 0 spiro atoms. The highest BCUT2D eigenvalue weighted by molar-refractivity contribution is 5.94. The Hall–Kier alpha value is -1.85. The van der Waals surface area contributed by atoms with Crippen LogP contribution in [0.3, 0.4) is 0 Å². The van der Waals surface area contributed by atoms with Gasteiger partial charge in [-0.3, -0.25) is 14.7 Å². The number of aromatic nitrogens is 2. The molecule has 1 aromatic heterocycles. The van der Waals surface area contributed by atoms with Gasteiger partial charge in [-0.15, -0.1) is 0 Å². The Morgan fingerprint density at radius 1 is 1.60 bits per heavy atom. The SMILES string of the molecule is Cc1[nH]ncc1C(=O)NCCCC(=O)O. The molecule has 0 aliphatic rings. The van der Waals surface area contributed by atoms with Crippen molar-refractivity contribution >= 4 is 11.9 Å². The van der Waals surface area contributed by atoms with Crippen molar-refractivity contribution in [2.24, 2.45) is 0 Å². The number of nitrogens with zero attached hydrogens (tertiary/aromatic N) is 1. The second kappa shape index (κ2) is 5.14. The van der Waals surface area contributed by atoms with Gasteiger partial charge in [0.1, 0.15) is 0 Å². The first-order valence-electron chi connectivity index (χ1n) is 4.61. The lowest BCUT2D eigenvalue weighted by atomic mass is 10.2. The summed E-state index contributed by atoms with van der Waals surface area (Å²) in [4.78, 5) is 21.7. The number of carboxylic acid groups (broad SMARTS) is 1. The second-order valence-electron chi connectivity index (χ2n) is 3.16. The van der Waals surface area contributed by atoms with Crippen molar-refractivity contribution < 1.29 is 14.7 Å². The Morgan fingerprint density at radius 2 is 2.33 bits per heavy atom. The molecule has 1 rings (SSSR count). The summed E-state index contributed by atoms with van der Waals surface area (Å²) in [5, 5.41) is 17.4. The number of nitrogens with one attached hydrogen (secondary N) is 2. The van der Waals surface area contributed by atoms with Crippen LogP contribution in [-0.2, 0) is 4.79 Å². The zero-order chi connectivity index (χ0) is 11.3. The fraction of sp³-hybridized carbons (Fsp3) is 0.444. The van der Waals surface area contributed by atoms with E-state index in [1.54, 1.807) is 6.92 Å². The third-order valence-corrected chi connectivity index (χ3v) is 1.93. The van der Waals surface area contributed by atoms with E-state index in [1.165, 1.54) is 6.20 Å². The molecule has 1 aromatic rings. The van der Waals surface area contributed by atoms with Crippen LogP contribution in [0.5, 0.6) is 0 Å². The van der Waals surface area contributed by atoms with Crippen molar-refractivity contribution in [1.29, 1.82) is 0 Å². The number of aryl methyl sites for hydroxylation is 1. The molecule has 15 heavy (non-hydrogen) atoms. The number of H-pyrrole nitrogens is 1. The Labute approximate surface area is 86.7 Å². The molecule has 0 unspecified atom stereocenters. The highest BCUT2D eigenvalue weighted by atomic mass is 16.4. The molecular formula is C9H13N3O3. The Kier molecular flexibility index (Phi) is 3.84. The van der Waals surface area contributed by atoms with E-state index in [0.29, 0.717) is 24.2 Å². The first-order chi connectivity index (χ1) is 7.11. The average molecular weight is 211 g/mol. The van der Waals surface area contributed by atoms with Crippen LogP contribution in [0.25, 0.3) is 0 Å². The topological polar surface area (TPSA) is 95.1 Å². The van der Waals surface area contributed by atoms with Crippen molar-refractivity contribution in [1.82, 2.24) is 15.5 Å². The third-order valence-electron chi connectivity index (χ3n) is 1.93. The zero-order valence-corrected chi connectivity index (χ0v) is 8.41. The van der Waals surface area contributed by atoms with Crippen molar-refractivity contribution in [3.05, 3.63) is 17.5 Å². The molecule has 82 valence electrons. The minimum atomic E-state index is -0.858. The molecule has 0 aliphatic carbocycles. The van der Waals surface area contributed by atoms with Gasteiger partial charge in [0.15, 0.2) is 0 Å². The lowest BCUT2D eigenvalue weighted by molar-refractivity contribution is -0.137. The van der Waals surface area contributed by atoms with Crippen LogP contribution in [-0.4, -0.2) is 33.7 Å². The Bertz CT molecular complexity index is 359. The summed E-state index contributed by atoms with van der Waals surface area (Å²) in [6.07, 6.45) is 1.94. The summed E-state index contributed by atoms with van der Waals surface area (Å²) in [7, 11) is 0. The van der Waals surface area contributed by atoms with Crippen molar-refractivity contribution in [3.8, 4) is 0 Å². The van der Waals surface area contributed by atoms with Gasteiger partial charge in [-0.2, -0.15) is 5.10 Å². The van der Waals surface area contributed by atoms with E-state index in [-0.39, 0.29) is 12.3 Å². The highest BCUT2D eigenvalue weighted by Crippen LogP contribution is 2.01. The number of carbonyl (C=O) groups excluding carboxylic acids is 1. The van der Waals surface area contributed by atoms with Crippen LogP contribution >= 0.6 is 0 Å². The van der Waals surface area contributed by atoms with Crippen LogP contribution in [0, 0.1) is 6.92 Å². The number of aromatic amines is 1. The fourth-order valence-corrected chi connectivity index (χ4v) is 1.12. The van der Waals surface area contributed by atoms with Gasteiger partial charge in [0, 0.05) is 18.7 Å². The quantitative estimate of drug-likeness (QED) is 0.611. The normalized spacial score (nSPS) is 9.93. The van der Waals surface area contributed by atoms with Gasteiger partial charge in [-0.25, -0.2) is 0 Å². The number of hydrogen-bond acceptors (Lipinski definition) is 3. The average Bonchev–Trinajstić information content (AvgIpc) is 2.58. The smallest absolute Gasteiger partial charge is 0.303 e. The van der Waals surface area contributed by atoms with Crippen LogP contribution in [0.4, 0.5) is 0 Å². The summed E-state index contributed by atoms with van der Waals surface area (Å²) in [6.45, 7) is 2.11. The van der Waals surface area contributed by atoms with Crippen molar-refractivity contribution in [3.63, 3.8) is 0 Å². The lowest BCUT2D eigenvalue weighted by Crippen LogP contribution is -2.25. The molecule has 1 amide bonds. The van der Waals surface area contributed by atoms with E-state index in [1.807, 2.05) is 0 Å². The largest absolute Gasteiger partial charge is 0.481 e. The van der Waals surface area contributed by atoms with Crippen molar-refractivity contribution in [2.75, 3.05) is 6.54 Å². The maximum atomic E-state index is 11.5. The second-order valence-corrected chi connectivity index (χ2v) is 3.16. The fourth-order valence-electron chi connectivity index (χ4n) is 1.12. The predicted octanol–water partition coefficient (Wildman–Crippen LogP) is 0.313. The number of hydrogen-bond donors (Lipinski definition) is 3. The van der Waals surface area contributed by atoms with Crippen LogP contribution < -0.4 is 5.32 Å². The van der Waals surface area contributed by atoms with E-state index in [0.717, 1.165) is 0 Å². The molecule has 3 N–H and O–H groups in total. The molecule has 0 aliphatic heterocycles. The van der Waals surface area contributed by atoms with Gasteiger partial charge in [-0.1, -0.05) is 0 Å². The van der Waals surface area contributed by atoms with Gasteiger partial charge in [-0.05, 0) is 13.3 Å². The molecule has 1 heterocycles. The summed E-state index contributed by atoms with van der Waals surface area (Å²) in [5.74, 6) is -1.09. The molecule has 6 nitrogen and oxygen atoms in total. The minimum Gasteiger partial charge on any atom is -0.481 e. The molecule has 0 bridgehead atoms. The van der Waals surface area contributed by atoms with E-state index in [2.05, 4.69) is 15.5 Å². The number of carbonyl (C=O) groups is 2. The molecule has 0 saturated heterocycles. The maximum Gasteiger partial charge on any atom is 0.303 e. The summed E-state index contributed by atoms with van der Waals surface area (Å²) in [6, 6.07) is 0. The van der Waals surface area contributed by atoms with E-state index in [9.17, 15) is 9.59 Å². The number of amides is 1. The third kappa shape index (κ3) is 3.41. The number of carboxylic acids is 1. The molecule has 0 aromatic carbocycles. The lowest BCUT2D eigenvalue weighted by Gasteiger charge is -2.02. The molecule has 0 fully saturated rings. The highest BCUT2D eigenvalue weighted by Gasteiger charge is 2.09. The van der Waals surface area contributed by atoms with Crippen molar-refractivity contribution in [2.45, 2.75) is 19.8 Å². The molecule has 0 atom stereocenters. The first-order valence-corrected chi connectivity index (χ1v) is 4.61. The van der Waals surface area contributed by atoms with Crippen LogP contribution in [0.1, 0.15) is 28.9 Å². The maximum absolute atomic E-state index is 11.5. The summed E-state index contributed by atoms with van der Waals surface area (Å²) in [5.41, 5.74) is 1.19. The Morgan fingerprint density at radius 3 is 2.87 bits per heavy atom. The van der Waals surface area contributed by atoms with Gasteiger partial charge >= 0.3 is 5.97 Å². The first kappa shape index (κ1) is 11.2. The summed E-state index contributed by atoms with van der Waals surface area (Å²) < 4.78 is 0. The number of aliphatic carboxylic acids is 1. The van der Waals surface area contributed by atoms with E-state index < -0.39 is 5.97 Å². The van der Waals surface area contributed by atoms with Crippen LogP contribution in [0.2, 0.25) is 0 Å². The standard InChI is InChI=1S/C9H13N3O3/c1-6-7(5-11-12-6)9(15)10-4-2-3-8(13)14/h5H,2-4H2,1H3,(H,10,15)(H,11,12)(H,13,14). The van der Waals surface area contributed by atoms with E-state index >= 15 is 0 Å². The van der Waals surface area contributed by atoms with Gasteiger partial charge in [0.05, 0.1) is 11.8 Å². The monoisotopic (exact) mass is 211 g/mol. The summed E-state index contributed by atoms with van der Waals surface area (Å²) >= 11 is 0. The number of rotatable bonds is 5. The van der Waals surface area contributed by atoms with Gasteiger partial charge < -0.3 is 10.4 Å². The zero-order valence-electron chi connectivity index (χ0n) is 8.41. The van der Waals surface area contributed by atoms with Gasteiger partial charge in [0.25, 0.3) is 5.91 Å². The van der Waals surface area contributed by atoms with Gasteiger partial charge in [0.2, 0.25) is 0 Å². The molecule has 6 heteroatoms.